The second-order valence-electron chi connectivity index (χ2n) is 4.00. The molecule has 2 rings (SSSR count). The van der Waals surface area contributed by atoms with Crippen LogP contribution in [0.3, 0.4) is 0 Å². The lowest BCUT2D eigenvalue weighted by molar-refractivity contribution is -0.142. The van der Waals surface area contributed by atoms with Crippen molar-refractivity contribution < 1.29 is 14.7 Å². The molecule has 1 aromatic rings. The van der Waals surface area contributed by atoms with Gasteiger partial charge < -0.3 is 10.0 Å². The monoisotopic (exact) mass is 297 g/mol. The van der Waals surface area contributed by atoms with Crippen molar-refractivity contribution in [2.24, 2.45) is 0 Å². The zero-order valence-electron chi connectivity index (χ0n) is 9.31. The largest absolute Gasteiger partial charge is 0.480 e. The number of nitrogens with zero attached hydrogens (tertiary/aromatic N) is 1. The molecule has 1 aromatic carbocycles. The number of fused-ring (bicyclic) bond motifs is 1. The smallest absolute Gasteiger partial charge is 0.326 e. The highest BCUT2D eigenvalue weighted by Crippen LogP contribution is 2.28. The molecule has 0 radical (unpaired) electrons. The van der Waals surface area contributed by atoms with Crippen LogP contribution >= 0.6 is 15.9 Å². The van der Waals surface area contributed by atoms with Crippen LogP contribution in [0.4, 0.5) is 0 Å². The van der Waals surface area contributed by atoms with Gasteiger partial charge in [-0.2, -0.15) is 0 Å². The molecule has 1 amide bonds. The number of benzene rings is 1. The Morgan fingerprint density at radius 3 is 2.88 bits per heavy atom. The predicted octanol–water partition coefficient (Wildman–Crippen LogP) is 2.27. The summed E-state index contributed by atoms with van der Waals surface area (Å²) in [5.41, 5.74) is 1.48. The Morgan fingerprint density at radius 2 is 2.29 bits per heavy atom. The van der Waals surface area contributed by atoms with Gasteiger partial charge in [0.25, 0.3) is 5.91 Å². The van der Waals surface area contributed by atoms with E-state index >= 15 is 0 Å². The first kappa shape index (κ1) is 12.1. The van der Waals surface area contributed by atoms with Crippen LogP contribution in [-0.2, 0) is 11.3 Å². The third-order valence-electron chi connectivity index (χ3n) is 2.95. The van der Waals surface area contributed by atoms with Gasteiger partial charge in [0.05, 0.1) is 0 Å². The molecule has 1 unspecified atom stereocenters. The van der Waals surface area contributed by atoms with E-state index in [1.54, 1.807) is 19.1 Å². The standard InChI is InChI=1S/C12H12BrNO3/c1-2-10(12(16)17)14-6-7-5-8(13)3-4-9(7)11(14)15/h3-5,10H,2,6H2,1H3,(H,16,17). The van der Waals surface area contributed by atoms with Crippen molar-refractivity contribution in [1.82, 2.24) is 4.90 Å². The van der Waals surface area contributed by atoms with Crippen molar-refractivity contribution in [3.8, 4) is 0 Å². The van der Waals surface area contributed by atoms with Crippen LogP contribution in [-0.4, -0.2) is 27.9 Å². The minimum atomic E-state index is -0.951. The van der Waals surface area contributed by atoms with E-state index in [9.17, 15) is 9.59 Å². The Labute approximate surface area is 107 Å². The van der Waals surface area contributed by atoms with E-state index in [-0.39, 0.29) is 5.91 Å². The van der Waals surface area contributed by atoms with Gasteiger partial charge in [0.2, 0.25) is 0 Å². The van der Waals surface area contributed by atoms with E-state index in [2.05, 4.69) is 15.9 Å². The Balaban J connectivity index is 2.33. The van der Waals surface area contributed by atoms with Gasteiger partial charge in [-0.25, -0.2) is 4.79 Å². The topological polar surface area (TPSA) is 57.6 Å². The number of amides is 1. The number of carboxylic acid groups (broad SMARTS) is 1. The average Bonchev–Trinajstić information content (AvgIpc) is 2.56. The number of carbonyl (C=O) groups excluding carboxylic acids is 1. The van der Waals surface area contributed by atoms with Gasteiger partial charge in [-0.3, -0.25) is 4.79 Å². The number of rotatable bonds is 3. The van der Waals surface area contributed by atoms with Crippen LogP contribution in [0.15, 0.2) is 22.7 Å². The summed E-state index contributed by atoms with van der Waals surface area (Å²) in [7, 11) is 0. The highest BCUT2D eigenvalue weighted by Gasteiger charge is 2.35. The second kappa shape index (κ2) is 4.49. The number of hydrogen-bond acceptors (Lipinski definition) is 2. The third-order valence-corrected chi connectivity index (χ3v) is 3.44. The van der Waals surface area contributed by atoms with E-state index in [1.807, 2.05) is 6.07 Å². The van der Waals surface area contributed by atoms with E-state index < -0.39 is 12.0 Å². The molecule has 0 saturated heterocycles. The van der Waals surface area contributed by atoms with Crippen LogP contribution in [0.1, 0.15) is 29.3 Å². The molecule has 0 fully saturated rings. The summed E-state index contributed by atoms with van der Waals surface area (Å²) in [6.45, 7) is 2.14. The summed E-state index contributed by atoms with van der Waals surface area (Å²) in [4.78, 5) is 24.6. The summed E-state index contributed by atoms with van der Waals surface area (Å²) in [6.07, 6.45) is 0.413. The van der Waals surface area contributed by atoms with E-state index in [0.717, 1.165) is 10.0 Å². The Kier molecular flexibility index (Phi) is 3.19. The number of halogens is 1. The van der Waals surface area contributed by atoms with E-state index in [1.165, 1.54) is 4.90 Å². The molecule has 1 aliphatic rings. The Bertz CT molecular complexity index is 487. The molecule has 1 aliphatic heterocycles. The first-order valence-electron chi connectivity index (χ1n) is 5.36. The highest BCUT2D eigenvalue weighted by molar-refractivity contribution is 9.10. The Hall–Kier alpha value is -1.36. The van der Waals surface area contributed by atoms with Crippen molar-refractivity contribution in [2.75, 3.05) is 0 Å². The predicted molar refractivity (Wildman–Crippen MR) is 65.7 cm³/mol. The summed E-state index contributed by atoms with van der Waals surface area (Å²) in [5.74, 6) is -1.14. The first-order valence-corrected chi connectivity index (χ1v) is 6.16. The van der Waals surface area contributed by atoms with Crippen LogP contribution in [0, 0.1) is 0 Å². The number of carboxylic acids is 1. The SMILES string of the molecule is CCC(C(=O)O)N1Cc2cc(Br)ccc2C1=O. The third kappa shape index (κ3) is 2.07. The lowest BCUT2D eigenvalue weighted by Gasteiger charge is -2.22. The van der Waals surface area contributed by atoms with Crippen molar-refractivity contribution >= 4 is 27.8 Å². The maximum Gasteiger partial charge on any atom is 0.326 e. The zero-order valence-corrected chi connectivity index (χ0v) is 10.9. The van der Waals surface area contributed by atoms with Crippen molar-refractivity contribution in [1.29, 1.82) is 0 Å². The molecule has 17 heavy (non-hydrogen) atoms. The first-order chi connectivity index (χ1) is 8.04. The molecule has 1 atom stereocenters. The summed E-state index contributed by atoms with van der Waals surface area (Å²) in [6, 6.07) is 4.65. The van der Waals surface area contributed by atoms with Crippen molar-refractivity contribution in [3.05, 3.63) is 33.8 Å². The molecule has 1 N–H and O–H groups in total. The number of aliphatic carboxylic acids is 1. The molecule has 4 nitrogen and oxygen atoms in total. The molecule has 0 aromatic heterocycles. The minimum Gasteiger partial charge on any atom is -0.480 e. The lowest BCUT2D eigenvalue weighted by Crippen LogP contribution is -2.40. The van der Waals surface area contributed by atoms with Crippen molar-refractivity contribution in [3.63, 3.8) is 0 Å². The van der Waals surface area contributed by atoms with Gasteiger partial charge in [-0.05, 0) is 30.2 Å². The molecule has 0 saturated carbocycles. The summed E-state index contributed by atoms with van der Waals surface area (Å²) >= 11 is 3.34. The molecule has 90 valence electrons. The molecular formula is C12H12BrNO3. The number of carbonyl (C=O) groups is 2. The van der Waals surface area contributed by atoms with E-state index in [0.29, 0.717) is 18.5 Å². The molecular weight excluding hydrogens is 286 g/mol. The summed E-state index contributed by atoms with van der Waals surface area (Å²) < 4.78 is 0.897. The zero-order chi connectivity index (χ0) is 12.6. The summed E-state index contributed by atoms with van der Waals surface area (Å²) in [5, 5.41) is 9.08. The number of hydrogen-bond donors (Lipinski definition) is 1. The van der Waals surface area contributed by atoms with Gasteiger partial charge >= 0.3 is 5.97 Å². The maximum atomic E-state index is 12.1. The normalized spacial score (nSPS) is 15.9. The molecule has 0 bridgehead atoms. The maximum absolute atomic E-state index is 12.1. The van der Waals surface area contributed by atoms with Crippen LogP contribution in [0.2, 0.25) is 0 Å². The van der Waals surface area contributed by atoms with Gasteiger partial charge in [-0.1, -0.05) is 22.9 Å². The van der Waals surface area contributed by atoms with Crippen LogP contribution in [0.25, 0.3) is 0 Å². The Morgan fingerprint density at radius 1 is 1.59 bits per heavy atom. The second-order valence-corrected chi connectivity index (χ2v) is 4.91. The lowest BCUT2D eigenvalue weighted by atomic mass is 10.1. The van der Waals surface area contributed by atoms with E-state index in [4.69, 9.17) is 5.11 Å². The molecule has 5 heteroatoms. The fourth-order valence-electron chi connectivity index (χ4n) is 2.09. The van der Waals surface area contributed by atoms with Gasteiger partial charge in [0.1, 0.15) is 6.04 Å². The fourth-order valence-corrected chi connectivity index (χ4v) is 2.50. The minimum absolute atomic E-state index is 0.193. The average molecular weight is 298 g/mol. The van der Waals surface area contributed by atoms with Crippen molar-refractivity contribution in [2.45, 2.75) is 25.9 Å². The molecule has 1 heterocycles. The quantitative estimate of drug-likeness (QED) is 0.931. The highest BCUT2D eigenvalue weighted by atomic mass is 79.9. The van der Waals surface area contributed by atoms with Gasteiger partial charge in [0, 0.05) is 16.6 Å². The van der Waals surface area contributed by atoms with Crippen LogP contribution < -0.4 is 0 Å². The fraction of sp³-hybridized carbons (Fsp3) is 0.333. The van der Waals surface area contributed by atoms with Crippen LogP contribution in [0.5, 0.6) is 0 Å². The van der Waals surface area contributed by atoms with Gasteiger partial charge in [0.15, 0.2) is 0 Å². The van der Waals surface area contributed by atoms with Gasteiger partial charge in [-0.15, -0.1) is 0 Å². The molecule has 0 aliphatic carbocycles. The molecule has 0 spiro atoms.